The van der Waals surface area contributed by atoms with E-state index in [4.69, 9.17) is 0 Å². The Bertz CT molecular complexity index is 408. The van der Waals surface area contributed by atoms with Crippen molar-refractivity contribution in [1.29, 1.82) is 0 Å². The van der Waals surface area contributed by atoms with Crippen LogP contribution in [0.15, 0.2) is 30.5 Å². The predicted octanol–water partition coefficient (Wildman–Crippen LogP) is 4.03. The molecule has 0 fully saturated rings. The maximum atomic E-state index is 4.61. The summed E-state index contributed by atoms with van der Waals surface area (Å²) in [5, 5.41) is 0. The van der Waals surface area contributed by atoms with Crippen LogP contribution in [-0.2, 0) is 0 Å². The first-order valence-corrected chi connectivity index (χ1v) is 6.53. The average Bonchev–Trinajstić information content (AvgIpc) is 2.37. The van der Waals surface area contributed by atoms with Crippen molar-refractivity contribution in [3.63, 3.8) is 0 Å². The van der Waals surface area contributed by atoms with E-state index < -0.39 is 0 Å². The van der Waals surface area contributed by atoms with Crippen LogP contribution in [0.25, 0.3) is 0 Å². The molecule has 16 heavy (non-hydrogen) atoms. The molecule has 3 aliphatic rings. The summed E-state index contributed by atoms with van der Waals surface area (Å²) in [5.74, 6) is 2.10. The molecule has 0 aliphatic heterocycles. The summed E-state index contributed by atoms with van der Waals surface area (Å²) in [6.45, 7) is 2.28. The lowest BCUT2D eigenvalue weighted by atomic mass is 9.66. The number of fused-ring (bicyclic) bond motifs is 1. The first kappa shape index (κ1) is 10.1. The van der Waals surface area contributed by atoms with Gasteiger partial charge in [0.15, 0.2) is 0 Å². The molecule has 1 heteroatoms. The van der Waals surface area contributed by atoms with Gasteiger partial charge in [-0.15, -0.1) is 0 Å². The molecular weight excluding hydrogens is 194 g/mol. The Hall–Kier alpha value is -1.11. The third kappa shape index (κ3) is 1.50. The average molecular weight is 213 g/mol. The lowest BCUT2D eigenvalue weighted by molar-refractivity contribution is 0.339. The van der Waals surface area contributed by atoms with E-state index in [0.717, 1.165) is 5.92 Å². The molecule has 0 spiro atoms. The fraction of sp³-hybridized carbons (Fsp3) is 0.533. The summed E-state index contributed by atoms with van der Waals surface area (Å²) in [6.07, 6.45) is 12.2. The summed E-state index contributed by atoms with van der Waals surface area (Å²) >= 11 is 0. The fourth-order valence-corrected chi connectivity index (χ4v) is 3.29. The van der Waals surface area contributed by atoms with E-state index in [9.17, 15) is 0 Å². The summed E-state index contributed by atoms with van der Waals surface area (Å²) in [5.41, 5.74) is 2.85. The van der Waals surface area contributed by atoms with E-state index in [1.165, 1.54) is 36.9 Å². The van der Waals surface area contributed by atoms with Crippen molar-refractivity contribution in [3.8, 4) is 0 Å². The van der Waals surface area contributed by atoms with Gasteiger partial charge in [0.1, 0.15) is 0 Å². The Kier molecular flexibility index (Phi) is 2.55. The molecule has 3 atom stereocenters. The molecule has 0 N–H and O–H groups in total. The number of unbranched alkanes of at least 4 members (excludes halogenated alkanes) is 1. The Balaban J connectivity index is 1.90. The van der Waals surface area contributed by atoms with Crippen LogP contribution in [0.2, 0.25) is 0 Å². The van der Waals surface area contributed by atoms with Gasteiger partial charge in [0.2, 0.25) is 0 Å². The molecule has 4 rings (SSSR count). The highest BCUT2D eigenvalue weighted by molar-refractivity contribution is 5.40. The number of nitrogens with zero attached hydrogens (tertiary/aromatic N) is 1. The first-order chi connectivity index (χ1) is 7.90. The lowest BCUT2D eigenvalue weighted by Gasteiger charge is -2.39. The number of pyridine rings is 1. The lowest BCUT2D eigenvalue weighted by Crippen LogP contribution is -2.27. The van der Waals surface area contributed by atoms with Crippen molar-refractivity contribution >= 4 is 0 Å². The van der Waals surface area contributed by atoms with Gasteiger partial charge in [-0.1, -0.05) is 38.0 Å². The smallest absolute Gasteiger partial charge is 0.0512 e. The second-order valence-electron chi connectivity index (χ2n) is 5.13. The summed E-state index contributed by atoms with van der Waals surface area (Å²) in [4.78, 5) is 4.61. The Morgan fingerprint density at radius 3 is 3.19 bits per heavy atom. The van der Waals surface area contributed by atoms with Gasteiger partial charge in [-0.3, -0.25) is 4.98 Å². The van der Waals surface area contributed by atoms with Crippen LogP contribution in [0.4, 0.5) is 0 Å². The summed E-state index contributed by atoms with van der Waals surface area (Å²) in [6, 6.07) is 4.34. The van der Waals surface area contributed by atoms with Gasteiger partial charge in [-0.05, 0) is 30.4 Å². The maximum Gasteiger partial charge on any atom is 0.0512 e. The number of hydrogen-bond donors (Lipinski definition) is 0. The standard InChI is InChI=1S/C15H19N/c1-2-3-5-11-10-12-7-8-14(11)15-13(12)6-4-9-16-15/h4,6-9,11-12,14H,2-3,5,10H2,1H3. The number of aromatic nitrogens is 1. The Morgan fingerprint density at radius 1 is 1.38 bits per heavy atom. The fourth-order valence-electron chi connectivity index (χ4n) is 3.29. The highest BCUT2D eigenvalue weighted by Crippen LogP contribution is 2.48. The molecule has 1 heterocycles. The third-order valence-corrected chi connectivity index (χ3v) is 4.13. The minimum atomic E-state index is 0.604. The van der Waals surface area contributed by atoms with Gasteiger partial charge in [0.05, 0.1) is 5.69 Å². The van der Waals surface area contributed by atoms with E-state index in [2.05, 4.69) is 36.2 Å². The summed E-state index contributed by atoms with van der Waals surface area (Å²) in [7, 11) is 0. The SMILES string of the molecule is CCCCC1CC2C=CC1c1ncccc12. The van der Waals surface area contributed by atoms with Crippen LogP contribution in [-0.4, -0.2) is 4.98 Å². The molecule has 0 amide bonds. The topological polar surface area (TPSA) is 12.9 Å². The van der Waals surface area contributed by atoms with Gasteiger partial charge >= 0.3 is 0 Å². The molecule has 0 radical (unpaired) electrons. The van der Waals surface area contributed by atoms with E-state index in [1.54, 1.807) is 0 Å². The van der Waals surface area contributed by atoms with Crippen molar-refractivity contribution in [2.24, 2.45) is 5.92 Å². The van der Waals surface area contributed by atoms with E-state index >= 15 is 0 Å². The molecule has 3 unspecified atom stereocenters. The quantitative estimate of drug-likeness (QED) is 0.691. The highest BCUT2D eigenvalue weighted by Gasteiger charge is 2.36. The van der Waals surface area contributed by atoms with Crippen molar-refractivity contribution in [1.82, 2.24) is 4.98 Å². The molecule has 3 aliphatic carbocycles. The number of rotatable bonds is 3. The minimum absolute atomic E-state index is 0.604. The molecule has 2 bridgehead atoms. The normalized spacial score (nSPS) is 30.4. The zero-order chi connectivity index (χ0) is 11.0. The monoisotopic (exact) mass is 213 g/mol. The molecule has 0 saturated carbocycles. The summed E-state index contributed by atoms with van der Waals surface area (Å²) < 4.78 is 0. The molecule has 1 nitrogen and oxygen atoms in total. The molecule has 1 aromatic heterocycles. The largest absolute Gasteiger partial charge is 0.260 e. The molecule has 0 aromatic carbocycles. The second kappa shape index (κ2) is 4.04. The third-order valence-electron chi connectivity index (χ3n) is 4.13. The van der Waals surface area contributed by atoms with Gasteiger partial charge in [0.25, 0.3) is 0 Å². The van der Waals surface area contributed by atoms with Crippen molar-refractivity contribution in [3.05, 3.63) is 41.7 Å². The first-order valence-electron chi connectivity index (χ1n) is 6.53. The number of hydrogen-bond acceptors (Lipinski definition) is 1. The van der Waals surface area contributed by atoms with Crippen LogP contribution in [0.3, 0.4) is 0 Å². The second-order valence-corrected chi connectivity index (χ2v) is 5.13. The van der Waals surface area contributed by atoms with Gasteiger partial charge in [-0.25, -0.2) is 0 Å². The van der Waals surface area contributed by atoms with Crippen molar-refractivity contribution in [2.75, 3.05) is 0 Å². The van der Waals surface area contributed by atoms with E-state index in [0.29, 0.717) is 11.8 Å². The van der Waals surface area contributed by atoms with E-state index in [1.807, 2.05) is 6.20 Å². The maximum absolute atomic E-state index is 4.61. The highest BCUT2D eigenvalue weighted by atomic mass is 14.7. The van der Waals surface area contributed by atoms with Crippen molar-refractivity contribution in [2.45, 2.75) is 44.4 Å². The Morgan fingerprint density at radius 2 is 2.31 bits per heavy atom. The van der Waals surface area contributed by atoms with Crippen LogP contribution in [0.1, 0.15) is 55.7 Å². The van der Waals surface area contributed by atoms with Crippen LogP contribution in [0, 0.1) is 5.92 Å². The van der Waals surface area contributed by atoms with Crippen LogP contribution < -0.4 is 0 Å². The molecule has 0 saturated heterocycles. The molecular formula is C15H19N. The molecule has 1 aromatic rings. The van der Waals surface area contributed by atoms with Crippen molar-refractivity contribution < 1.29 is 0 Å². The van der Waals surface area contributed by atoms with Gasteiger partial charge in [-0.2, -0.15) is 0 Å². The Labute approximate surface area is 97.6 Å². The zero-order valence-corrected chi connectivity index (χ0v) is 9.89. The number of allylic oxidation sites excluding steroid dienone is 2. The molecule has 84 valence electrons. The van der Waals surface area contributed by atoms with E-state index in [-0.39, 0.29) is 0 Å². The predicted molar refractivity (Wildman–Crippen MR) is 66.5 cm³/mol. The minimum Gasteiger partial charge on any atom is -0.260 e. The van der Waals surface area contributed by atoms with Crippen LogP contribution in [0.5, 0.6) is 0 Å². The zero-order valence-electron chi connectivity index (χ0n) is 9.89. The van der Waals surface area contributed by atoms with Gasteiger partial charge < -0.3 is 0 Å². The van der Waals surface area contributed by atoms with Gasteiger partial charge in [0, 0.05) is 18.0 Å². The van der Waals surface area contributed by atoms with Crippen LogP contribution >= 0.6 is 0 Å².